The van der Waals surface area contributed by atoms with Crippen LogP contribution in [0.15, 0.2) is 0 Å². The van der Waals surface area contributed by atoms with Gasteiger partial charge in [0.15, 0.2) is 8.32 Å². The minimum atomic E-state index is -1.80. The Morgan fingerprint density at radius 3 is 1.62 bits per heavy atom. The summed E-state index contributed by atoms with van der Waals surface area (Å²) in [7, 11) is -1.80. The van der Waals surface area contributed by atoms with Crippen molar-refractivity contribution in [1.29, 1.82) is 0 Å². The maximum atomic E-state index is 6.61. The third kappa shape index (κ3) is 2.61. The highest BCUT2D eigenvalue weighted by Gasteiger charge is 2.80. The van der Waals surface area contributed by atoms with Gasteiger partial charge in [-0.05, 0) is 31.0 Å². The van der Waals surface area contributed by atoms with E-state index in [2.05, 4.69) is 33.9 Å². The van der Waals surface area contributed by atoms with Crippen LogP contribution in [0.5, 0.6) is 0 Å². The summed E-state index contributed by atoms with van der Waals surface area (Å²) in [6.45, 7) is 11.4. The predicted octanol–water partition coefficient (Wildman–Crippen LogP) is 6.01. The fraction of sp³-hybridized carbons (Fsp3) is 1.00. The van der Waals surface area contributed by atoms with Crippen LogP contribution in [-0.4, -0.2) is 23.1 Å². The van der Waals surface area contributed by atoms with E-state index in [0.717, 1.165) is 12.8 Å². The van der Waals surface area contributed by atoms with Gasteiger partial charge in [0.25, 0.3) is 0 Å². The Balaban J connectivity index is 1.77. The van der Waals surface area contributed by atoms with Gasteiger partial charge in [0, 0.05) is 29.8 Å². The van der Waals surface area contributed by atoms with E-state index in [1.54, 1.807) is 0 Å². The van der Waals surface area contributed by atoms with E-state index >= 15 is 0 Å². The fourth-order valence-corrected chi connectivity index (χ4v) is 6.95. The van der Waals surface area contributed by atoms with Crippen LogP contribution in [0.2, 0.25) is 18.1 Å². The first kappa shape index (κ1) is 17.2. The minimum absolute atomic E-state index is 0.187. The van der Waals surface area contributed by atoms with Crippen molar-refractivity contribution in [2.45, 2.75) is 66.5 Å². The van der Waals surface area contributed by atoms with Crippen molar-refractivity contribution < 1.29 is 4.43 Å². The van der Waals surface area contributed by atoms with Gasteiger partial charge in [-0.25, -0.2) is 0 Å². The van der Waals surface area contributed by atoms with E-state index < -0.39 is 17.0 Å². The van der Waals surface area contributed by atoms with Crippen LogP contribution in [0.4, 0.5) is 0 Å². The van der Waals surface area contributed by atoms with Gasteiger partial charge < -0.3 is 4.43 Å². The second-order valence-corrected chi connectivity index (χ2v) is 16.2. The second-order valence-electron chi connectivity index (χ2n) is 8.59. The summed E-state index contributed by atoms with van der Waals surface area (Å²) < 4.78 is 5.31. The number of halogens is 4. The number of fused-ring (bicyclic) bond motifs is 3. The molecule has 0 aromatic rings. The van der Waals surface area contributed by atoms with E-state index in [1.807, 2.05) is 0 Å². The molecule has 0 amide bonds. The molecule has 21 heavy (non-hydrogen) atoms. The Morgan fingerprint density at radius 2 is 1.29 bits per heavy atom. The molecule has 3 aliphatic rings. The Kier molecular flexibility index (Phi) is 3.84. The predicted molar refractivity (Wildman–Crippen MR) is 94.1 cm³/mol. The Bertz CT molecular complexity index is 429. The van der Waals surface area contributed by atoms with Crippen LogP contribution in [0.3, 0.4) is 0 Å². The molecule has 0 radical (unpaired) electrons. The molecule has 6 heteroatoms. The first-order valence-electron chi connectivity index (χ1n) is 7.73. The van der Waals surface area contributed by atoms with Gasteiger partial charge >= 0.3 is 0 Å². The lowest BCUT2D eigenvalue weighted by Gasteiger charge is -2.39. The molecule has 0 aromatic heterocycles. The molecule has 0 unspecified atom stereocenters. The first-order valence-corrected chi connectivity index (χ1v) is 12.2. The molecule has 122 valence electrons. The van der Waals surface area contributed by atoms with Gasteiger partial charge in [-0.3, -0.25) is 0 Å². The molecule has 1 nitrogen and oxygen atoms in total. The van der Waals surface area contributed by atoms with Gasteiger partial charge in [0.1, 0.15) is 8.67 Å². The third-order valence-electron chi connectivity index (χ3n) is 6.21. The van der Waals surface area contributed by atoms with Crippen molar-refractivity contribution in [2.24, 2.45) is 23.7 Å². The maximum Gasteiger partial charge on any atom is 0.192 e. The van der Waals surface area contributed by atoms with Crippen molar-refractivity contribution in [2.75, 3.05) is 0 Å². The Morgan fingerprint density at radius 1 is 0.905 bits per heavy atom. The van der Waals surface area contributed by atoms with Crippen LogP contribution in [0.1, 0.15) is 33.6 Å². The fourth-order valence-electron chi connectivity index (χ4n) is 3.77. The zero-order valence-electron chi connectivity index (χ0n) is 13.2. The molecular formula is C15H24Cl4OSi. The van der Waals surface area contributed by atoms with Crippen molar-refractivity contribution in [3.63, 3.8) is 0 Å². The molecule has 0 aliphatic heterocycles. The van der Waals surface area contributed by atoms with Crippen molar-refractivity contribution in [3.05, 3.63) is 0 Å². The van der Waals surface area contributed by atoms with E-state index in [9.17, 15) is 0 Å². The summed E-state index contributed by atoms with van der Waals surface area (Å²) in [5, 5.41) is 0.198. The highest BCUT2D eigenvalue weighted by atomic mass is 35.5. The van der Waals surface area contributed by atoms with Crippen LogP contribution in [0, 0.1) is 23.7 Å². The van der Waals surface area contributed by atoms with Gasteiger partial charge in [0.2, 0.25) is 0 Å². The summed E-state index contributed by atoms with van der Waals surface area (Å²) >= 11 is 25.9. The lowest BCUT2D eigenvalue weighted by molar-refractivity contribution is 0.151. The molecule has 0 spiro atoms. The average molecular weight is 390 g/mol. The normalized spacial score (nSPS) is 43.6. The summed E-state index contributed by atoms with van der Waals surface area (Å²) in [6.07, 6.45) is 2.08. The standard InChI is InChI=1S/C15H24Cl4OSi/c1-13(2,3)21(4,5)20-8-6-9-11(14(9,16)17)12-10(7-8)15(12,18)19/h8-12H,6-7H2,1-5H3/t9-,10-,11-,12-/m1/s1. The quantitative estimate of drug-likeness (QED) is 0.415. The summed E-state index contributed by atoms with van der Waals surface area (Å²) in [5.74, 6) is 1.05. The second kappa shape index (κ2) is 4.70. The largest absolute Gasteiger partial charge is 0.414 e. The highest BCUT2D eigenvalue weighted by molar-refractivity contribution is 6.74. The Hall–Kier alpha value is 1.34. The van der Waals surface area contributed by atoms with Crippen LogP contribution < -0.4 is 0 Å². The molecular weight excluding hydrogens is 366 g/mol. The van der Waals surface area contributed by atoms with E-state index in [0.29, 0.717) is 0 Å². The molecule has 0 saturated heterocycles. The monoisotopic (exact) mass is 388 g/mol. The molecule has 4 atom stereocenters. The van der Waals surface area contributed by atoms with Crippen LogP contribution >= 0.6 is 46.4 Å². The average Bonchev–Trinajstić information content (AvgIpc) is 3.01. The molecule has 3 fully saturated rings. The lowest BCUT2D eigenvalue weighted by atomic mass is 10.1. The lowest BCUT2D eigenvalue weighted by Crippen LogP contribution is -2.44. The van der Waals surface area contributed by atoms with Gasteiger partial charge in [-0.1, -0.05) is 20.8 Å². The molecule has 3 rings (SSSR count). The number of alkyl halides is 4. The van der Waals surface area contributed by atoms with Gasteiger partial charge in [-0.2, -0.15) is 0 Å². The van der Waals surface area contributed by atoms with E-state index in [-0.39, 0.29) is 34.8 Å². The van der Waals surface area contributed by atoms with E-state index in [4.69, 9.17) is 50.8 Å². The van der Waals surface area contributed by atoms with Gasteiger partial charge in [-0.15, -0.1) is 46.4 Å². The number of hydrogen-bond acceptors (Lipinski definition) is 1. The summed E-state index contributed by atoms with van der Waals surface area (Å²) in [5.41, 5.74) is 0. The highest BCUT2D eigenvalue weighted by Crippen LogP contribution is 2.79. The van der Waals surface area contributed by atoms with Crippen molar-refractivity contribution >= 4 is 54.7 Å². The van der Waals surface area contributed by atoms with Crippen molar-refractivity contribution in [3.8, 4) is 0 Å². The zero-order chi connectivity index (χ0) is 16.0. The van der Waals surface area contributed by atoms with Crippen molar-refractivity contribution in [1.82, 2.24) is 0 Å². The summed E-state index contributed by atoms with van der Waals surface area (Å²) in [6, 6.07) is 0. The SMILES string of the molecule is CC(C)(C)[Si](C)(C)OC1C[C@@H]2[C@H]([C@H]3[C@@H](C1)C3(Cl)Cl)C2(Cl)Cl. The third-order valence-corrected chi connectivity index (χ3v) is 12.9. The maximum absolute atomic E-state index is 6.61. The number of hydrogen-bond donors (Lipinski definition) is 0. The number of rotatable bonds is 2. The minimum Gasteiger partial charge on any atom is -0.414 e. The van der Waals surface area contributed by atoms with Crippen LogP contribution in [-0.2, 0) is 4.43 Å². The molecule has 3 saturated carbocycles. The topological polar surface area (TPSA) is 9.23 Å². The molecule has 0 bridgehead atoms. The molecule has 0 heterocycles. The molecule has 3 aliphatic carbocycles. The molecule has 0 aromatic carbocycles. The Labute approximate surface area is 149 Å². The van der Waals surface area contributed by atoms with Crippen LogP contribution in [0.25, 0.3) is 0 Å². The first-order chi connectivity index (χ1) is 9.30. The summed E-state index contributed by atoms with van der Waals surface area (Å²) in [4.78, 5) is 0. The smallest absolute Gasteiger partial charge is 0.192 e. The molecule has 0 N–H and O–H groups in total. The van der Waals surface area contributed by atoms with E-state index in [1.165, 1.54) is 0 Å². The zero-order valence-corrected chi connectivity index (χ0v) is 17.2. The van der Waals surface area contributed by atoms with Gasteiger partial charge in [0.05, 0.1) is 0 Å².